The van der Waals surface area contributed by atoms with Crippen molar-refractivity contribution in [3.05, 3.63) is 29.3 Å². The molecule has 4 heteroatoms. The van der Waals surface area contributed by atoms with Crippen LogP contribution in [0.3, 0.4) is 0 Å². The van der Waals surface area contributed by atoms with Crippen molar-refractivity contribution in [1.82, 2.24) is 9.80 Å². The van der Waals surface area contributed by atoms with E-state index in [0.29, 0.717) is 11.8 Å². The third-order valence-corrected chi connectivity index (χ3v) is 5.50. The molecule has 2 aliphatic rings. The molecule has 1 aromatic rings. The molecule has 1 aliphatic carbocycles. The summed E-state index contributed by atoms with van der Waals surface area (Å²) in [6.45, 7) is 6.75. The Morgan fingerprint density at radius 2 is 1.83 bits per heavy atom. The molecule has 0 atom stereocenters. The zero-order valence-electron chi connectivity index (χ0n) is 15.1. The minimum absolute atomic E-state index is 0.300. The number of nitrogens with zero attached hydrogens (tertiary/aromatic N) is 2. The Hall–Kier alpha value is -1.55. The van der Waals surface area contributed by atoms with Crippen molar-refractivity contribution < 1.29 is 9.53 Å². The van der Waals surface area contributed by atoms with E-state index in [1.165, 1.54) is 30.4 Å². The zero-order valence-corrected chi connectivity index (χ0v) is 15.1. The van der Waals surface area contributed by atoms with Gasteiger partial charge in [0.15, 0.2) is 0 Å². The van der Waals surface area contributed by atoms with Gasteiger partial charge in [0.1, 0.15) is 5.75 Å². The summed E-state index contributed by atoms with van der Waals surface area (Å²) < 4.78 is 5.33. The predicted octanol–water partition coefficient (Wildman–Crippen LogP) is 3.23. The molecule has 1 aliphatic heterocycles. The van der Waals surface area contributed by atoms with Gasteiger partial charge in [-0.25, -0.2) is 0 Å². The number of benzene rings is 1. The zero-order chi connectivity index (χ0) is 16.9. The van der Waals surface area contributed by atoms with Crippen molar-refractivity contribution in [2.24, 2.45) is 5.92 Å². The highest BCUT2D eigenvalue weighted by Gasteiger charge is 2.28. The molecule has 0 aromatic heterocycles. The van der Waals surface area contributed by atoms with E-state index in [1.807, 2.05) is 6.07 Å². The van der Waals surface area contributed by atoms with Crippen LogP contribution in [0.5, 0.6) is 5.75 Å². The van der Waals surface area contributed by atoms with Gasteiger partial charge in [-0.1, -0.05) is 31.4 Å². The lowest BCUT2D eigenvalue weighted by atomic mass is 9.88. The molecule has 1 heterocycles. The fourth-order valence-electron chi connectivity index (χ4n) is 4.03. The van der Waals surface area contributed by atoms with E-state index < -0.39 is 0 Å². The van der Waals surface area contributed by atoms with Gasteiger partial charge in [0.2, 0.25) is 5.91 Å². The van der Waals surface area contributed by atoms with Crippen molar-refractivity contribution in [2.75, 3.05) is 33.3 Å². The molecular formula is C20H30N2O2. The fraction of sp³-hybridized carbons (Fsp3) is 0.650. The largest absolute Gasteiger partial charge is 0.496 e. The Kier molecular flexibility index (Phi) is 5.77. The van der Waals surface area contributed by atoms with E-state index in [0.717, 1.165) is 51.3 Å². The van der Waals surface area contributed by atoms with E-state index in [1.54, 1.807) is 7.11 Å². The van der Waals surface area contributed by atoms with E-state index >= 15 is 0 Å². The molecular weight excluding hydrogens is 300 g/mol. The summed E-state index contributed by atoms with van der Waals surface area (Å²) in [5.74, 6) is 1.66. The lowest BCUT2D eigenvalue weighted by Crippen LogP contribution is -2.50. The summed E-state index contributed by atoms with van der Waals surface area (Å²) in [6.07, 6.45) is 5.97. The summed E-state index contributed by atoms with van der Waals surface area (Å²) >= 11 is 0. The minimum atomic E-state index is 0.300. The lowest BCUT2D eigenvalue weighted by Gasteiger charge is -2.37. The van der Waals surface area contributed by atoms with Gasteiger partial charge in [0.25, 0.3) is 0 Å². The fourth-order valence-corrected chi connectivity index (χ4v) is 4.03. The Labute approximate surface area is 145 Å². The van der Waals surface area contributed by atoms with Gasteiger partial charge < -0.3 is 9.64 Å². The molecule has 1 saturated carbocycles. The predicted molar refractivity (Wildman–Crippen MR) is 96.2 cm³/mol. The Morgan fingerprint density at radius 3 is 2.46 bits per heavy atom. The van der Waals surface area contributed by atoms with Crippen molar-refractivity contribution in [3.63, 3.8) is 0 Å². The molecule has 2 fully saturated rings. The van der Waals surface area contributed by atoms with Crippen molar-refractivity contribution in [3.8, 4) is 5.75 Å². The van der Waals surface area contributed by atoms with Crippen molar-refractivity contribution >= 4 is 5.91 Å². The second-order valence-electron chi connectivity index (χ2n) is 7.24. The Balaban J connectivity index is 1.49. The lowest BCUT2D eigenvalue weighted by molar-refractivity contribution is -0.138. The third-order valence-electron chi connectivity index (χ3n) is 5.50. The van der Waals surface area contributed by atoms with Crippen LogP contribution in [0, 0.1) is 12.8 Å². The summed E-state index contributed by atoms with van der Waals surface area (Å²) in [7, 11) is 1.71. The molecule has 3 rings (SSSR count). The molecule has 0 spiro atoms. The first kappa shape index (κ1) is 17.3. The number of piperazine rings is 1. The standard InChI is InChI=1S/C20H30N2O2/c1-16-14-17(8-9-19(16)24-2)15-21-10-12-22(13-11-21)20(23)18-6-4-3-5-7-18/h8-9,14,18H,3-7,10-13,15H2,1-2H3. The van der Waals surface area contributed by atoms with E-state index in [4.69, 9.17) is 4.74 Å². The normalized spacial score (nSPS) is 20.2. The number of amides is 1. The summed E-state index contributed by atoms with van der Waals surface area (Å²) in [5, 5.41) is 0. The second kappa shape index (κ2) is 8.02. The second-order valence-corrected chi connectivity index (χ2v) is 7.24. The molecule has 0 N–H and O–H groups in total. The van der Waals surface area contributed by atoms with Crippen LogP contribution < -0.4 is 4.74 Å². The van der Waals surface area contributed by atoms with Crippen LogP contribution in [0.25, 0.3) is 0 Å². The van der Waals surface area contributed by atoms with Crippen molar-refractivity contribution in [1.29, 1.82) is 0 Å². The highest BCUT2D eigenvalue weighted by molar-refractivity contribution is 5.79. The molecule has 0 radical (unpaired) electrons. The van der Waals surface area contributed by atoms with Gasteiger partial charge in [-0.2, -0.15) is 0 Å². The first-order chi connectivity index (χ1) is 11.7. The van der Waals surface area contributed by atoms with Crippen LogP contribution >= 0.6 is 0 Å². The smallest absolute Gasteiger partial charge is 0.225 e. The van der Waals surface area contributed by atoms with E-state index in [2.05, 4.69) is 28.9 Å². The number of hydrogen-bond acceptors (Lipinski definition) is 3. The quantitative estimate of drug-likeness (QED) is 0.850. The third kappa shape index (κ3) is 4.10. The Bertz CT molecular complexity index is 559. The van der Waals surface area contributed by atoms with E-state index in [9.17, 15) is 4.79 Å². The average Bonchev–Trinajstić information content (AvgIpc) is 2.63. The first-order valence-electron chi connectivity index (χ1n) is 9.32. The highest BCUT2D eigenvalue weighted by atomic mass is 16.5. The van der Waals surface area contributed by atoms with Crippen LogP contribution in [-0.4, -0.2) is 49.0 Å². The van der Waals surface area contributed by atoms with Gasteiger partial charge in [0.05, 0.1) is 7.11 Å². The van der Waals surface area contributed by atoms with Crippen LogP contribution in [-0.2, 0) is 11.3 Å². The molecule has 1 amide bonds. The number of aryl methyl sites for hydroxylation is 1. The molecule has 0 bridgehead atoms. The maximum atomic E-state index is 12.6. The summed E-state index contributed by atoms with van der Waals surface area (Å²) in [6, 6.07) is 6.40. The van der Waals surface area contributed by atoms with Crippen LogP contribution in [0.1, 0.15) is 43.2 Å². The number of carbonyl (C=O) groups is 1. The van der Waals surface area contributed by atoms with E-state index in [-0.39, 0.29) is 0 Å². The number of carbonyl (C=O) groups excluding carboxylic acids is 1. The summed E-state index contributed by atoms with van der Waals surface area (Å²) in [4.78, 5) is 17.2. The number of ether oxygens (including phenoxy) is 1. The minimum Gasteiger partial charge on any atom is -0.496 e. The molecule has 24 heavy (non-hydrogen) atoms. The van der Waals surface area contributed by atoms with Gasteiger partial charge in [-0.05, 0) is 37.0 Å². The Morgan fingerprint density at radius 1 is 1.12 bits per heavy atom. The first-order valence-corrected chi connectivity index (χ1v) is 9.32. The molecule has 132 valence electrons. The highest BCUT2D eigenvalue weighted by Crippen LogP contribution is 2.26. The molecule has 1 saturated heterocycles. The number of methoxy groups -OCH3 is 1. The van der Waals surface area contributed by atoms with Gasteiger partial charge >= 0.3 is 0 Å². The number of hydrogen-bond donors (Lipinski definition) is 0. The molecule has 1 aromatic carbocycles. The van der Waals surface area contributed by atoms with Gasteiger partial charge in [-0.15, -0.1) is 0 Å². The molecule has 4 nitrogen and oxygen atoms in total. The summed E-state index contributed by atoms with van der Waals surface area (Å²) in [5.41, 5.74) is 2.50. The van der Waals surface area contributed by atoms with Crippen LogP contribution in [0.2, 0.25) is 0 Å². The monoisotopic (exact) mass is 330 g/mol. The topological polar surface area (TPSA) is 32.8 Å². The van der Waals surface area contributed by atoms with Gasteiger partial charge in [0, 0.05) is 38.6 Å². The number of rotatable bonds is 4. The molecule has 0 unspecified atom stereocenters. The maximum Gasteiger partial charge on any atom is 0.225 e. The SMILES string of the molecule is COc1ccc(CN2CCN(C(=O)C3CCCCC3)CC2)cc1C. The maximum absolute atomic E-state index is 12.6. The van der Waals surface area contributed by atoms with Gasteiger partial charge in [-0.3, -0.25) is 9.69 Å². The van der Waals surface area contributed by atoms with Crippen molar-refractivity contribution in [2.45, 2.75) is 45.6 Å². The van der Waals surface area contributed by atoms with Crippen LogP contribution in [0.15, 0.2) is 18.2 Å². The average molecular weight is 330 g/mol. The van der Waals surface area contributed by atoms with Crippen LogP contribution in [0.4, 0.5) is 0 Å².